The number of aliphatic hydroxyl groups is 1. The number of β-amino-alcohol motifs (C(OH)–C–C–N with tert-alkyl or cyclic N) is 1. The van der Waals surface area contributed by atoms with E-state index in [2.05, 4.69) is 15.6 Å². The van der Waals surface area contributed by atoms with Crippen LogP contribution in [-0.4, -0.2) is 73.0 Å². The molecule has 1 fully saturated rings. The number of furan rings is 1. The van der Waals surface area contributed by atoms with Crippen molar-refractivity contribution in [3.63, 3.8) is 0 Å². The number of fused-ring (bicyclic) bond motifs is 1. The van der Waals surface area contributed by atoms with Gasteiger partial charge in [0.2, 0.25) is 5.91 Å². The lowest BCUT2D eigenvalue weighted by Crippen LogP contribution is -2.54. The fraction of sp³-hybridized carbons (Fsp3) is 0.464. The van der Waals surface area contributed by atoms with Crippen LogP contribution in [0.4, 0.5) is 0 Å². The third-order valence-electron chi connectivity index (χ3n) is 6.85. The molecule has 3 atom stereocenters. The van der Waals surface area contributed by atoms with E-state index in [1.54, 1.807) is 50.4 Å². The van der Waals surface area contributed by atoms with Gasteiger partial charge in [-0.05, 0) is 68.5 Å². The molecule has 1 saturated heterocycles. The molecule has 3 N–H and O–H groups in total. The number of hydrogen-bond donors (Lipinski definition) is 3. The molecule has 0 bridgehead atoms. The quantitative estimate of drug-likeness (QED) is 0.354. The van der Waals surface area contributed by atoms with Gasteiger partial charge in [0.25, 0.3) is 15.9 Å². The van der Waals surface area contributed by atoms with Gasteiger partial charge in [0.1, 0.15) is 17.4 Å². The van der Waals surface area contributed by atoms with Crippen molar-refractivity contribution in [2.45, 2.75) is 63.2 Å². The second-order valence-electron chi connectivity index (χ2n) is 10.5. The molecule has 0 radical (unpaired) electrons. The van der Waals surface area contributed by atoms with Crippen molar-refractivity contribution in [3.8, 4) is 5.75 Å². The summed E-state index contributed by atoms with van der Waals surface area (Å²) in [5.41, 5.74) is 1.08. The van der Waals surface area contributed by atoms with Crippen LogP contribution in [-0.2, 0) is 14.8 Å². The Morgan fingerprint density at radius 1 is 1.23 bits per heavy atom. The van der Waals surface area contributed by atoms with E-state index in [4.69, 9.17) is 9.15 Å². The first kappa shape index (κ1) is 29.5. The second kappa shape index (κ2) is 12.4. The van der Waals surface area contributed by atoms with Crippen molar-refractivity contribution in [3.05, 3.63) is 53.9 Å². The fourth-order valence-electron chi connectivity index (χ4n) is 4.76. The van der Waals surface area contributed by atoms with Gasteiger partial charge in [-0.2, -0.15) is 4.31 Å². The van der Waals surface area contributed by atoms with Crippen LogP contribution in [0.2, 0.25) is 0 Å². The summed E-state index contributed by atoms with van der Waals surface area (Å²) in [5.74, 6) is -0.232. The van der Waals surface area contributed by atoms with E-state index in [1.165, 1.54) is 10.4 Å². The van der Waals surface area contributed by atoms with Gasteiger partial charge in [-0.15, -0.1) is 0 Å². The summed E-state index contributed by atoms with van der Waals surface area (Å²) in [5, 5.41) is 17.1. The minimum Gasteiger partial charge on any atom is -0.497 e. The molecule has 1 aromatic carbocycles. The van der Waals surface area contributed by atoms with Crippen LogP contribution in [0.15, 0.2) is 51.9 Å². The second-order valence-corrected chi connectivity index (χ2v) is 12.4. The molecule has 40 heavy (non-hydrogen) atoms. The number of carbonyl (C=O) groups is 2. The van der Waals surface area contributed by atoms with Gasteiger partial charge in [0.15, 0.2) is 10.8 Å². The topological polar surface area (TPSA) is 151 Å². The summed E-state index contributed by atoms with van der Waals surface area (Å²) in [6.07, 6.45) is 0.00490. The summed E-state index contributed by atoms with van der Waals surface area (Å²) in [6.45, 7) is 5.57. The van der Waals surface area contributed by atoms with Crippen molar-refractivity contribution >= 4 is 32.8 Å². The van der Waals surface area contributed by atoms with Gasteiger partial charge in [-0.3, -0.25) is 9.59 Å². The van der Waals surface area contributed by atoms with Gasteiger partial charge in [0.05, 0.1) is 19.3 Å². The SMILES string of the molecule is COc1ccc2oc(C(=O)NC(CC(C)C)C(=O)NC3CCCN(S(=O)(=O)c4cccc(C)n4)C[C@@H]3O)cc2c1. The largest absolute Gasteiger partial charge is 0.497 e. The van der Waals surface area contributed by atoms with Crippen molar-refractivity contribution in [1.29, 1.82) is 0 Å². The number of benzene rings is 1. The first-order valence-electron chi connectivity index (χ1n) is 13.3. The maximum atomic E-state index is 13.3. The first-order valence-corrected chi connectivity index (χ1v) is 14.7. The molecule has 3 aromatic rings. The van der Waals surface area contributed by atoms with E-state index in [9.17, 15) is 23.1 Å². The molecule has 3 heterocycles. The number of ether oxygens (including phenoxy) is 1. The van der Waals surface area contributed by atoms with Crippen LogP contribution in [0.25, 0.3) is 11.0 Å². The highest BCUT2D eigenvalue weighted by atomic mass is 32.2. The molecule has 2 amide bonds. The van der Waals surface area contributed by atoms with E-state index in [0.29, 0.717) is 41.7 Å². The van der Waals surface area contributed by atoms with Crippen LogP contribution in [0, 0.1) is 12.8 Å². The number of amides is 2. The molecule has 4 rings (SSSR count). The molecule has 2 unspecified atom stereocenters. The van der Waals surface area contributed by atoms with Crippen molar-refractivity contribution in [1.82, 2.24) is 19.9 Å². The number of nitrogens with one attached hydrogen (secondary N) is 2. The highest BCUT2D eigenvalue weighted by molar-refractivity contribution is 7.89. The Morgan fingerprint density at radius 3 is 2.70 bits per heavy atom. The third-order valence-corrected chi connectivity index (χ3v) is 8.62. The summed E-state index contributed by atoms with van der Waals surface area (Å²) in [7, 11) is -2.36. The molecule has 0 aliphatic carbocycles. The smallest absolute Gasteiger partial charge is 0.287 e. The van der Waals surface area contributed by atoms with E-state index < -0.39 is 40.0 Å². The monoisotopic (exact) mass is 572 g/mol. The van der Waals surface area contributed by atoms with Crippen LogP contribution < -0.4 is 15.4 Å². The Kier molecular flexibility index (Phi) is 9.12. The number of carbonyl (C=O) groups excluding carboxylic acids is 2. The Hall–Kier alpha value is -3.48. The fourth-order valence-corrected chi connectivity index (χ4v) is 6.26. The van der Waals surface area contributed by atoms with E-state index >= 15 is 0 Å². The Morgan fingerprint density at radius 2 is 2.00 bits per heavy atom. The van der Waals surface area contributed by atoms with Crippen molar-refractivity contribution in [2.24, 2.45) is 5.92 Å². The average molecular weight is 573 g/mol. The Bertz CT molecular complexity index is 1470. The number of pyridine rings is 1. The van der Waals surface area contributed by atoms with Gasteiger partial charge in [-0.1, -0.05) is 19.9 Å². The zero-order chi connectivity index (χ0) is 29.0. The molecule has 0 spiro atoms. The molecule has 12 heteroatoms. The lowest BCUT2D eigenvalue weighted by molar-refractivity contribution is -0.125. The number of hydrogen-bond acceptors (Lipinski definition) is 8. The molecule has 0 saturated carbocycles. The van der Waals surface area contributed by atoms with E-state index in [1.807, 2.05) is 13.8 Å². The van der Waals surface area contributed by atoms with Crippen molar-refractivity contribution < 1.29 is 32.3 Å². The molecule has 11 nitrogen and oxygen atoms in total. The van der Waals surface area contributed by atoms with Gasteiger partial charge >= 0.3 is 0 Å². The number of methoxy groups -OCH3 is 1. The highest BCUT2D eigenvalue weighted by Gasteiger charge is 2.35. The summed E-state index contributed by atoms with van der Waals surface area (Å²) in [6, 6.07) is 9.95. The van der Waals surface area contributed by atoms with Gasteiger partial charge in [-0.25, -0.2) is 13.4 Å². The molecule has 216 valence electrons. The first-order chi connectivity index (χ1) is 19.0. The van der Waals surface area contributed by atoms with E-state index in [0.717, 1.165) is 0 Å². The summed E-state index contributed by atoms with van der Waals surface area (Å²) in [4.78, 5) is 30.5. The molecule has 2 aromatic heterocycles. The maximum absolute atomic E-state index is 13.3. The minimum atomic E-state index is -3.91. The van der Waals surface area contributed by atoms with Crippen LogP contribution in [0.5, 0.6) is 5.75 Å². The number of aliphatic hydroxyl groups excluding tert-OH is 1. The molecular weight excluding hydrogens is 536 g/mol. The van der Waals surface area contributed by atoms with Crippen LogP contribution >= 0.6 is 0 Å². The predicted molar refractivity (Wildman–Crippen MR) is 148 cm³/mol. The average Bonchev–Trinajstić information content (AvgIpc) is 3.25. The minimum absolute atomic E-state index is 0.0601. The zero-order valence-electron chi connectivity index (χ0n) is 23.1. The highest BCUT2D eigenvalue weighted by Crippen LogP contribution is 2.25. The predicted octanol–water partition coefficient (Wildman–Crippen LogP) is 2.62. The van der Waals surface area contributed by atoms with Crippen LogP contribution in [0.3, 0.4) is 0 Å². The lowest BCUT2D eigenvalue weighted by Gasteiger charge is -2.27. The number of nitrogens with zero attached hydrogens (tertiary/aromatic N) is 2. The van der Waals surface area contributed by atoms with Crippen molar-refractivity contribution in [2.75, 3.05) is 20.2 Å². The van der Waals surface area contributed by atoms with Crippen LogP contribution in [0.1, 0.15) is 49.4 Å². The third kappa shape index (κ3) is 6.80. The molecule has 1 aliphatic rings. The zero-order valence-corrected chi connectivity index (χ0v) is 23.9. The Balaban J connectivity index is 1.44. The lowest BCUT2D eigenvalue weighted by atomic mass is 10.0. The number of aromatic nitrogens is 1. The van der Waals surface area contributed by atoms with Gasteiger partial charge in [0, 0.05) is 24.2 Å². The summed E-state index contributed by atoms with van der Waals surface area (Å²) < 4.78 is 38.4. The molecular formula is C28H36N4O7S. The van der Waals surface area contributed by atoms with Gasteiger partial charge < -0.3 is 24.9 Å². The number of rotatable bonds is 9. The van der Waals surface area contributed by atoms with E-state index in [-0.39, 0.29) is 29.8 Å². The maximum Gasteiger partial charge on any atom is 0.287 e. The number of aryl methyl sites for hydroxylation is 1. The Labute approximate surface area is 234 Å². The summed E-state index contributed by atoms with van der Waals surface area (Å²) >= 11 is 0. The molecule has 1 aliphatic heterocycles. The normalized spacial score (nSPS) is 19.2. The number of sulfonamides is 1. The standard InChI is InChI=1S/C28H36N4O7S/c1-17(2)13-22(31-28(35)25-15-19-14-20(38-4)10-11-24(19)39-25)27(34)30-21-8-6-12-32(16-23(21)33)40(36,37)26-9-5-7-18(3)29-26/h5,7,9-11,14-15,17,21-23,33H,6,8,12-13,16H2,1-4H3,(H,30,34)(H,31,35)/t21?,22?,23-/m0/s1.